The Morgan fingerprint density at radius 1 is 1.25 bits per heavy atom. The monoisotopic (exact) mass is 272 g/mol. The highest BCUT2D eigenvalue weighted by Crippen LogP contribution is 2.25. The molecule has 1 heterocycles. The molecule has 0 bridgehead atoms. The van der Waals surface area contributed by atoms with Crippen molar-refractivity contribution in [2.24, 2.45) is 5.84 Å². The van der Waals surface area contributed by atoms with E-state index in [1.807, 2.05) is 12.4 Å². The van der Waals surface area contributed by atoms with Crippen molar-refractivity contribution in [2.75, 3.05) is 19.6 Å². The van der Waals surface area contributed by atoms with Gasteiger partial charge in [0.1, 0.15) is 0 Å². The molecule has 0 aliphatic heterocycles. The molecular weight excluding hydrogens is 248 g/mol. The zero-order valence-corrected chi connectivity index (χ0v) is 12.3. The van der Waals surface area contributed by atoms with Crippen LogP contribution >= 0.6 is 0 Å². The van der Waals surface area contributed by atoms with E-state index in [-0.39, 0.29) is 6.04 Å². The first-order valence-corrected chi connectivity index (χ1v) is 7.31. The number of nitrogens with two attached hydrogens (primary N) is 1. The Morgan fingerprint density at radius 2 is 2.05 bits per heavy atom. The first kappa shape index (κ1) is 14.9. The van der Waals surface area contributed by atoms with Crippen molar-refractivity contribution < 1.29 is 0 Å². The van der Waals surface area contributed by atoms with E-state index in [9.17, 15) is 0 Å². The highest BCUT2D eigenvalue weighted by Gasteiger charge is 2.13. The van der Waals surface area contributed by atoms with E-state index in [1.54, 1.807) is 0 Å². The molecule has 0 spiro atoms. The maximum atomic E-state index is 5.78. The SMILES string of the molecule is CCN(CC)CCC(NN)c1cccc2cnccc12. The van der Waals surface area contributed by atoms with Gasteiger partial charge >= 0.3 is 0 Å². The number of fused-ring (bicyclic) bond motifs is 1. The molecule has 0 radical (unpaired) electrons. The fraction of sp³-hybridized carbons (Fsp3) is 0.438. The van der Waals surface area contributed by atoms with E-state index < -0.39 is 0 Å². The summed E-state index contributed by atoms with van der Waals surface area (Å²) in [7, 11) is 0. The van der Waals surface area contributed by atoms with Gasteiger partial charge in [-0.05, 0) is 43.1 Å². The van der Waals surface area contributed by atoms with Crippen molar-refractivity contribution in [3.63, 3.8) is 0 Å². The van der Waals surface area contributed by atoms with Crippen LogP contribution in [0.15, 0.2) is 36.7 Å². The third kappa shape index (κ3) is 3.33. The topological polar surface area (TPSA) is 54.2 Å². The van der Waals surface area contributed by atoms with Gasteiger partial charge in [-0.15, -0.1) is 0 Å². The Kier molecular flexibility index (Phi) is 5.47. The average molecular weight is 272 g/mol. The Morgan fingerprint density at radius 3 is 2.75 bits per heavy atom. The molecule has 2 rings (SSSR count). The van der Waals surface area contributed by atoms with Crippen LogP contribution < -0.4 is 11.3 Å². The molecule has 0 saturated heterocycles. The molecule has 108 valence electrons. The van der Waals surface area contributed by atoms with E-state index in [0.29, 0.717) is 0 Å². The normalized spacial score (nSPS) is 13.0. The first-order valence-electron chi connectivity index (χ1n) is 7.31. The van der Waals surface area contributed by atoms with Gasteiger partial charge in [0.25, 0.3) is 0 Å². The minimum Gasteiger partial charge on any atom is -0.304 e. The molecule has 1 aromatic carbocycles. The predicted octanol–water partition coefficient (Wildman–Crippen LogP) is 2.47. The van der Waals surface area contributed by atoms with Gasteiger partial charge in [0.2, 0.25) is 0 Å². The van der Waals surface area contributed by atoms with Crippen molar-refractivity contribution in [1.29, 1.82) is 0 Å². The van der Waals surface area contributed by atoms with Crippen molar-refractivity contribution in [1.82, 2.24) is 15.3 Å². The van der Waals surface area contributed by atoms with E-state index in [0.717, 1.165) is 31.4 Å². The lowest BCUT2D eigenvalue weighted by atomic mass is 9.98. The molecule has 1 aromatic heterocycles. The quantitative estimate of drug-likeness (QED) is 0.600. The Bertz CT molecular complexity index is 531. The fourth-order valence-corrected chi connectivity index (χ4v) is 2.63. The second kappa shape index (κ2) is 7.33. The summed E-state index contributed by atoms with van der Waals surface area (Å²) < 4.78 is 0. The van der Waals surface area contributed by atoms with Crippen LogP contribution in [0.4, 0.5) is 0 Å². The molecule has 0 aliphatic carbocycles. The molecule has 0 fully saturated rings. The zero-order chi connectivity index (χ0) is 14.4. The molecular formula is C16H24N4. The van der Waals surface area contributed by atoms with E-state index in [2.05, 4.69) is 53.4 Å². The Balaban J connectivity index is 2.21. The van der Waals surface area contributed by atoms with Crippen LogP contribution in [-0.2, 0) is 0 Å². The molecule has 20 heavy (non-hydrogen) atoms. The van der Waals surface area contributed by atoms with Crippen molar-refractivity contribution in [3.8, 4) is 0 Å². The molecule has 0 amide bonds. The number of rotatable bonds is 7. The number of pyridine rings is 1. The van der Waals surface area contributed by atoms with Gasteiger partial charge in [0.15, 0.2) is 0 Å². The summed E-state index contributed by atoms with van der Waals surface area (Å²) in [4.78, 5) is 6.59. The van der Waals surface area contributed by atoms with Gasteiger partial charge in [-0.1, -0.05) is 32.0 Å². The van der Waals surface area contributed by atoms with Crippen LogP contribution in [0.1, 0.15) is 31.9 Å². The van der Waals surface area contributed by atoms with E-state index in [1.165, 1.54) is 10.9 Å². The zero-order valence-electron chi connectivity index (χ0n) is 12.3. The molecule has 0 aliphatic rings. The Labute approximate surface area is 121 Å². The van der Waals surface area contributed by atoms with Crippen LogP contribution in [-0.4, -0.2) is 29.5 Å². The lowest BCUT2D eigenvalue weighted by Crippen LogP contribution is -2.32. The Hall–Kier alpha value is -1.49. The van der Waals surface area contributed by atoms with Crippen LogP contribution in [0, 0.1) is 0 Å². The van der Waals surface area contributed by atoms with Crippen LogP contribution in [0.2, 0.25) is 0 Å². The smallest absolute Gasteiger partial charge is 0.0478 e. The van der Waals surface area contributed by atoms with Crippen molar-refractivity contribution in [2.45, 2.75) is 26.3 Å². The van der Waals surface area contributed by atoms with Crippen LogP contribution in [0.3, 0.4) is 0 Å². The van der Waals surface area contributed by atoms with Gasteiger partial charge in [-0.2, -0.15) is 0 Å². The summed E-state index contributed by atoms with van der Waals surface area (Å²) in [6, 6.07) is 8.54. The lowest BCUT2D eigenvalue weighted by Gasteiger charge is -2.23. The van der Waals surface area contributed by atoms with Gasteiger partial charge in [-0.25, -0.2) is 0 Å². The lowest BCUT2D eigenvalue weighted by molar-refractivity contribution is 0.282. The third-order valence-corrected chi connectivity index (χ3v) is 3.92. The van der Waals surface area contributed by atoms with Crippen molar-refractivity contribution >= 4 is 10.8 Å². The van der Waals surface area contributed by atoms with Gasteiger partial charge in [0.05, 0.1) is 0 Å². The third-order valence-electron chi connectivity index (χ3n) is 3.92. The summed E-state index contributed by atoms with van der Waals surface area (Å²) >= 11 is 0. The molecule has 4 nitrogen and oxygen atoms in total. The van der Waals surface area contributed by atoms with E-state index in [4.69, 9.17) is 5.84 Å². The predicted molar refractivity (Wildman–Crippen MR) is 84.2 cm³/mol. The minimum absolute atomic E-state index is 0.168. The maximum absolute atomic E-state index is 5.78. The summed E-state index contributed by atoms with van der Waals surface area (Å²) in [6.45, 7) is 7.58. The average Bonchev–Trinajstić information content (AvgIpc) is 2.51. The number of hydrogen-bond donors (Lipinski definition) is 2. The van der Waals surface area contributed by atoms with Crippen molar-refractivity contribution in [3.05, 3.63) is 42.2 Å². The number of nitrogens with zero attached hydrogens (tertiary/aromatic N) is 2. The van der Waals surface area contributed by atoms with Gasteiger partial charge in [-0.3, -0.25) is 16.3 Å². The standard InChI is InChI=1S/C16H24N4/c1-3-20(4-2)11-9-16(19-17)15-7-5-6-13-12-18-10-8-14(13)15/h5-8,10,12,16,19H,3-4,9,11,17H2,1-2H3. The number of hydrogen-bond acceptors (Lipinski definition) is 4. The van der Waals surface area contributed by atoms with Crippen LogP contribution in [0.5, 0.6) is 0 Å². The second-order valence-corrected chi connectivity index (χ2v) is 4.98. The number of benzene rings is 1. The maximum Gasteiger partial charge on any atom is 0.0478 e. The second-order valence-electron chi connectivity index (χ2n) is 4.98. The molecule has 2 aromatic rings. The minimum atomic E-state index is 0.168. The van der Waals surface area contributed by atoms with E-state index >= 15 is 0 Å². The largest absolute Gasteiger partial charge is 0.304 e. The molecule has 0 saturated carbocycles. The fourth-order valence-electron chi connectivity index (χ4n) is 2.63. The molecule has 1 unspecified atom stereocenters. The number of aromatic nitrogens is 1. The summed E-state index contributed by atoms with van der Waals surface area (Å²) in [5, 5.41) is 2.39. The molecule has 3 N–H and O–H groups in total. The number of hydrazine groups is 1. The summed E-state index contributed by atoms with van der Waals surface area (Å²) in [5.74, 6) is 5.78. The highest BCUT2D eigenvalue weighted by atomic mass is 15.2. The van der Waals surface area contributed by atoms with Crippen LogP contribution in [0.25, 0.3) is 10.8 Å². The highest BCUT2D eigenvalue weighted by molar-refractivity contribution is 5.85. The van der Waals surface area contributed by atoms with Gasteiger partial charge in [0, 0.05) is 23.8 Å². The van der Waals surface area contributed by atoms with Gasteiger partial charge < -0.3 is 4.90 Å². The number of nitrogens with one attached hydrogen (secondary N) is 1. The first-order chi connectivity index (χ1) is 9.80. The summed E-state index contributed by atoms with van der Waals surface area (Å²) in [5.41, 5.74) is 4.22. The molecule has 4 heteroatoms. The summed E-state index contributed by atoms with van der Waals surface area (Å²) in [6.07, 6.45) is 4.74. The molecule has 1 atom stereocenters.